The quantitative estimate of drug-likeness (QED) is 0.624. The van der Waals surface area contributed by atoms with Gasteiger partial charge in [-0.15, -0.1) is 0 Å². The summed E-state index contributed by atoms with van der Waals surface area (Å²) in [6.45, 7) is 0. The van der Waals surface area contributed by atoms with E-state index in [1.165, 1.54) is 0 Å². The van der Waals surface area contributed by atoms with E-state index in [0.717, 1.165) is 21.2 Å². The Balaban J connectivity index is 2.46. The molecule has 0 bridgehead atoms. The van der Waals surface area contributed by atoms with Crippen molar-refractivity contribution < 1.29 is 0 Å². The Morgan fingerprint density at radius 2 is 2.06 bits per heavy atom. The van der Waals surface area contributed by atoms with Gasteiger partial charge >= 0.3 is 0 Å². The van der Waals surface area contributed by atoms with Crippen molar-refractivity contribution >= 4 is 38.6 Å². The third-order valence-corrected chi connectivity index (χ3v) is 3.10. The third kappa shape index (κ3) is 2.36. The van der Waals surface area contributed by atoms with Gasteiger partial charge in [-0.25, -0.2) is 0 Å². The highest BCUT2D eigenvalue weighted by atomic mass is 79.9. The van der Waals surface area contributed by atoms with E-state index in [-0.39, 0.29) is 0 Å². The fraction of sp³-hybridized carbons (Fsp3) is 0.182. The van der Waals surface area contributed by atoms with Crippen molar-refractivity contribution in [1.29, 1.82) is 0 Å². The summed E-state index contributed by atoms with van der Waals surface area (Å²) < 4.78 is 0.875. The summed E-state index contributed by atoms with van der Waals surface area (Å²) in [5.41, 5.74) is 2.57. The van der Waals surface area contributed by atoms with Gasteiger partial charge in [0.2, 0.25) is 0 Å². The van der Waals surface area contributed by atoms with Crippen LogP contribution in [-0.4, -0.2) is 30.0 Å². The molecule has 2 aromatic rings. The van der Waals surface area contributed by atoms with Gasteiger partial charge < -0.3 is 10.6 Å². The van der Waals surface area contributed by atoms with Gasteiger partial charge in [0, 0.05) is 26.5 Å². The van der Waals surface area contributed by atoms with E-state index in [1.807, 2.05) is 19.2 Å². The van der Waals surface area contributed by atoms with Gasteiger partial charge in [-0.3, -0.25) is 15.0 Å². The second-order valence-corrected chi connectivity index (χ2v) is 4.09. The number of nitrogens with zero attached hydrogens (tertiary/aromatic N) is 3. The van der Waals surface area contributed by atoms with Crippen molar-refractivity contribution in [1.82, 2.24) is 15.3 Å². The average molecular weight is 294 g/mol. The number of halogens is 1. The van der Waals surface area contributed by atoms with Gasteiger partial charge in [-0.05, 0) is 28.1 Å². The minimum absolute atomic E-state index is 0.689. The van der Waals surface area contributed by atoms with E-state index in [4.69, 9.17) is 0 Å². The Bertz CT molecular complexity index is 567. The maximum Gasteiger partial charge on any atom is 0.195 e. The molecular formula is C11H12BrN5. The molecule has 0 saturated heterocycles. The molecule has 0 aliphatic carbocycles. The largest absolute Gasteiger partial charge is 0.359 e. The molecule has 0 unspecified atom stereocenters. The average Bonchev–Trinajstić information content (AvgIpc) is 2.38. The minimum Gasteiger partial charge on any atom is -0.359 e. The Morgan fingerprint density at radius 1 is 1.29 bits per heavy atom. The topological polar surface area (TPSA) is 62.2 Å². The molecule has 0 amide bonds. The molecule has 0 atom stereocenters. The predicted octanol–water partition coefficient (Wildman–Crippen LogP) is 2.01. The first kappa shape index (κ1) is 11.8. The second kappa shape index (κ2) is 5.09. The van der Waals surface area contributed by atoms with E-state index < -0.39 is 0 Å². The minimum atomic E-state index is 0.689. The monoisotopic (exact) mass is 293 g/mol. The van der Waals surface area contributed by atoms with Crippen molar-refractivity contribution in [2.24, 2.45) is 4.99 Å². The first-order valence-electron chi connectivity index (χ1n) is 5.07. The summed E-state index contributed by atoms with van der Waals surface area (Å²) in [5, 5.41) is 6.12. The van der Waals surface area contributed by atoms with E-state index >= 15 is 0 Å². The molecule has 2 N–H and O–H groups in total. The van der Waals surface area contributed by atoms with Crippen LogP contribution >= 0.6 is 15.9 Å². The van der Waals surface area contributed by atoms with Gasteiger partial charge in [0.1, 0.15) is 5.52 Å². The van der Waals surface area contributed by atoms with Gasteiger partial charge in [0.15, 0.2) is 5.96 Å². The maximum absolute atomic E-state index is 4.29. The lowest BCUT2D eigenvalue weighted by Crippen LogP contribution is -2.26. The van der Waals surface area contributed by atoms with Crippen molar-refractivity contribution in [2.75, 3.05) is 19.4 Å². The molecule has 0 aliphatic heterocycles. The number of guanidine groups is 1. The number of aliphatic imine (C=N–C) groups is 1. The van der Waals surface area contributed by atoms with Crippen LogP contribution in [0.15, 0.2) is 34.0 Å². The molecule has 88 valence electrons. The molecule has 1 aromatic carbocycles. The van der Waals surface area contributed by atoms with Crippen LogP contribution < -0.4 is 10.6 Å². The Labute approximate surface area is 108 Å². The number of aromatic nitrogens is 2. The summed E-state index contributed by atoms with van der Waals surface area (Å²) >= 11 is 3.52. The van der Waals surface area contributed by atoms with Gasteiger partial charge in [0.05, 0.1) is 15.7 Å². The van der Waals surface area contributed by atoms with Crippen LogP contribution in [-0.2, 0) is 0 Å². The summed E-state index contributed by atoms with van der Waals surface area (Å²) in [7, 11) is 3.53. The molecule has 17 heavy (non-hydrogen) atoms. The van der Waals surface area contributed by atoms with Crippen LogP contribution in [0.5, 0.6) is 0 Å². The SMILES string of the molecule is CN=C(NC)Nc1ccc2nccnc2c1Br. The van der Waals surface area contributed by atoms with Crippen LogP contribution in [0.4, 0.5) is 5.69 Å². The smallest absolute Gasteiger partial charge is 0.195 e. The number of rotatable bonds is 1. The number of fused-ring (bicyclic) bond motifs is 1. The van der Waals surface area contributed by atoms with Crippen molar-refractivity contribution in [3.05, 3.63) is 29.0 Å². The van der Waals surface area contributed by atoms with E-state index in [0.29, 0.717) is 5.96 Å². The molecule has 0 aliphatic rings. The Morgan fingerprint density at radius 3 is 2.76 bits per heavy atom. The molecule has 5 nitrogen and oxygen atoms in total. The summed E-state index contributed by atoms with van der Waals surface area (Å²) in [4.78, 5) is 12.6. The standard InChI is InChI=1S/C11H12BrN5/c1-13-11(14-2)17-7-3-4-8-10(9(7)12)16-6-5-15-8/h3-6H,1-2H3,(H2,13,14,17). The number of hydrogen-bond donors (Lipinski definition) is 2. The number of anilines is 1. The summed E-state index contributed by atoms with van der Waals surface area (Å²) in [5.74, 6) is 0.689. The highest BCUT2D eigenvalue weighted by Crippen LogP contribution is 2.28. The van der Waals surface area contributed by atoms with Crippen LogP contribution in [0.25, 0.3) is 11.0 Å². The molecule has 0 radical (unpaired) electrons. The number of benzene rings is 1. The van der Waals surface area contributed by atoms with Crippen LogP contribution in [0.1, 0.15) is 0 Å². The maximum atomic E-state index is 4.29. The lowest BCUT2D eigenvalue weighted by Gasteiger charge is -2.11. The highest BCUT2D eigenvalue weighted by molar-refractivity contribution is 9.10. The first-order valence-corrected chi connectivity index (χ1v) is 5.86. The Hall–Kier alpha value is -1.69. The lowest BCUT2D eigenvalue weighted by molar-refractivity contribution is 1.14. The van der Waals surface area contributed by atoms with Crippen LogP contribution in [0, 0.1) is 0 Å². The molecule has 0 saturated carbocycles. The van der Waals surface area contributed by atoms with Gasteiger partial charge in [0.25, 0.3) is 0 Å². The molecular weight excluding hydrogens is 282 g/mol. The van der Waals surface area contributed by atoms with E-state index in [2.05, 4.69) is 41.5 Å². The highest BCUT2D eigenvalue weighted by Gasteiger charge is 2.07. The fourth-order valence-electron chi connectivity index (χ4n) is 1.46. The molecule has 1 aromatic heterocycles. The zero-order chi connectivity index (χ0) is 12.3. The molecule has 6 heteroatoms. The third-order valence-electron chi connectivity index (χ3n) is 2.29. The fourth-order valence-corrected chi connectivity index (χ4v) is 1.99. The van der Waals surface area contributed by atoms with Gasteiger partial charge in [-0.2, -0.15) is 0 Å². The summed E-state index contributed by atoms with van der Waals surface area (Å²) in [6.07, 6.45) is 3.35. The normalized spacial score (nSPS) is 11.6. The van der Waals surface area contributed by atoms with E-state index in [9.17, 15) is 0 Å². The molecule has 0 spiro atoms. The Kier molecular flexibility index (Phi) is 3.53. The van der Waals surface area contributed by atoms with Gasteiger partial charge in [-0.1, -0.05) is 0 Å². The predicted molar refractivity (Wildman–Crippen MR) is 73.3 cm³/mol. The van der Waals surface area contributed by atoms with Crippen molar-refractivity contribution in [3.63, 3.8) is 0 Å². The zero-order valence-corrected chi connectivity index (χ0v) is 11.1. The number of hydrogen-bond acceptors (Lipinski definition) is 3. The second-order valence-electron chi connectivity index (χ2n) is 3.30. The summed E-state index contributed by atoms with van der Waals surface area (Å²) in [6, 6.07) is 3.85. The van der Waals surface area contributed by atoms with Crippen LogP contribution in [0.3, 0.4) is 0 Å². The molecule has 1 heterocycles. The van der Waals surface area contributed by atoms with Crippen LogP contribution in [0.2, 0.25) is 0 Å². The van der Waals surface area contributed by atoms with Crippen molar-refractivity contribution in [2.45, 2.75) is 0 Å². The number of nitrogens with one attached hydrogen (secondary N) is 2. The first-order chi connectivity index (χ1) is 8.26. The van der Waals surface area contributed by atoms with E-state index in [1.54, 1.807) is 19.4 Å². The zero-order valence-electron chi connectivity index (χ0n) is 9.53. The van der Waals surface area contributed by atoms with Crippen molar-refractivity contribution in [3.8, 4) is 0 Å². The molecule has 0 fully saturated rings. The lowest BCUT2D eigenvalue weighted by atomic mass is 10.2. The molecule has 2 rings (SSSR count).